The van der Waals surface area contributed by atoms with Crippen molar-refractivity contribution in [1.29, 1.82) is 0 Å². The summed E-state index contributed by atoms with van der Waals surface area (Å²) in [5.74, 6) is 0.687. The second kappa shape index (κ2) is 6.15. The quantitative estimate of drug-likeness (QED) is 0.829. The number of aryl methyl sites for hydroxylation is 1. The van der Waals surface area contributed by atoms with Crippen molar-refractivity contribution in [2.75, 3.05) is 12.8 Å². The Morgan fingerprint density at radius 1 is 1.19 bits per heavy atom. The molecule has 0 bridgehead atoms. The Morgan fingerprint density at radius 3 is 2.62 bits per heavy atom. The van der Waals surface area contributed by atoms with Crippen LogP contribution in [0.25, 0.3) is 0 Å². The van der Waals surface area contributed by atoms with Gasteiger partial charge in [0.2, 0.25) is 10.0 Å². The summed E-state index contributed by atoms with van der Waals surface area (Å²) in [5, 5.41) is 0. The van der Waals surface area contributed by atoms with Gasteiger partial charge >= 0.3 is 0 Å². The minimum atomic E-state index is -3.59. The fourth-order valence-corrected chi connectivity index (χ4v) is 3.13. The van der Waals surface area contributed by atoms with E-state index in [-0.39, 0.29) is 11.4 Å². The summed E-state index contributed by atoms with van der Waals surface area (Å²) in [4.78, 5) is 0.169. The van der Waals surface area contributed by atoms with Gasteiger partial charge in [-0.15, -0.1) is 0 Å². The Bertz CT molecular complexity index is 722. The number of rotatable bonds is 5. The van der Waals surface area contributed by atoms with E-state index in [4.69, 9.17) is 10.5 Å². The molecular weight excluding hydrogens is 288 g/mol. The summed E-state index contributed by atoms with van der Waals surface area (Å²) in [6.07, 6.45) is 0. The number of nitrogens with one attached hydrogen (secondary N) is 1. The zero-order valence-corrected chi connectivity index (χ0v) is 12.8. The minimum absolute atomic E-state index is 0.169. The first-order valence-electron chi connectivity index (χ1n) is 6.40. The molecular formula is C15H18N2O3S. The van der Waals surface area contributed by atoms with Gasteiger partial charge in [0.15, 0.2) is 0 Å². The van der Waals surface area contributed by atoms with Gasteiger partial charge in [0, 0.05) is 12.2 Å². The van der Waals surface area contributed by atoms with Crippen molar-refractivity contribution < 1.29 is 13.2 Å². The first kappa shape index (κ1) is 15.3. The number of anilines is 1. The maximum atomic E-state index is 12.3. The molecule has 2 aromatic rings. The van der Waals surface area contributed by atoms with Crippen LogP contribution in [-0.4, -0.2) is 15.5 Å². The SMILES string of the molecule is COc1cccc(CNS(=O)(=O)c2cc(C)cc(N)c2)c1. The summed E-state index contributed by atoms with van der Waals surface area (Å²) in [7, 11) is -2.03. The van der Waals surface area contributed by atoms with Gasteiger partial charge in [-0.3, -0.25) is 0 Å². The molecule has 0 aliphatic carbocycles. The molecule has 3 N–H and O–H groups in total. The highest BCUT2D eigenvalue weighted by molar-refractivity contribution is 7.89. The molecule has 112 valence electrons. The monoisotopic (exact) mass is 306 g/mol. The largest absolute Gasteiger partial charge is 0.497 e. The third-order valence-corrected chi connectivity index (χ3v) is 4.36. The zero-order valence-electron chi connectivity index (χ0n) is 12.0. The molecule has 2 rings (SSSR count). The predicted molar refractivity (Wildman–Crippen MR) is 82.6 cm³/mol. The third-order valence-electron chi connectivity index (χ3n) is 2.98. The number of hydrogen-bond acceptors (Lipinski definition) is 4. The molecule has 0 spiro atoms. The van der Waals surface area contributed by atoms with Crippen LogP contribution in [0.5, 0.6) is 5.75 Å². The summed E-state index contributed by atoms with van der Waals surface area (Å²) in [6.45, 7) is 1.99. The first-order chi connectivity index (χ1) is 9.90. The molecule has 0 saturated heterocycles. The Hall–Kier alpha value is -2.05. The van der Waals surface area contributed by atoms with Crippen molar-refractivity contribution in [2.24, 2.45) is 0 Å². The maximum absolute atomic E-state index is 12.3. The standard InChI is InChI=1S/C15H18N2O3S/c1-11-6-13(16)9-15(7-11)21(18,19)17-10-12-4-3-5-14(8-12)20-2/h3-9,17H,10,16H2,1-2H3. The zero-order chi connectivity index (χ0) is 15.5. The van der Waals surface area contributed by atoms with Gasteiger partial charge in [-0.25, -0.2) is 13.1 Å². The summed E-state index contributed by atoms with van der Waals surface area (Å²) in [6, 6.07) is 12.0. The van der Waals surface area contributed by atoms with Crippen LogP contribution >= 0.6 is 0 Å². The van der Waals surface area contributed by atoms with Crippen molar-refractivity contribution in [2.45, 2.75) is 18.4 Å². The second-order valence-electron chi connectivity index (χ2n) is 4.76. The minimum Gasteiger partial charge on any atom is -0.497 e. The van der Waals surface area contributed by atoms with E-state index in [0.29, 0.717) is 11.4 Å². The summed E-state index contributed by atoms with van der Waals surface area (Å²) in [5.41, 5.74) is 7.74. The van der Waals surface area contributed by atoms with Crippen LogP contribution in [-0.2, 0) is 16.6 Å². The van der Waals surface area contributed by atoms with Crippen LogP contribution in [0.15, 0.2) is 47.4 Å². The Labute approximate surface area is 124 Å². The molecule has 2 aromatic carbocycles. The Morgan fingerprint density at radius 2 is 1.95 bits per heavy atom. The maximum Gasteiger partial charge on any atom is 0.240 e. The van der Waals surface area contributed by atoms with Gasteiger partial charge in [-0.05, 0) is 48.4 Å². The van der Waals surface area contributed by atoms with E-state index in [1.807, 2.05) is 12.1 Å². The molecule has 0 aliphatic heterocycles. The van der Waals surface area contributed by atoms with Gasteiger partial charge < -0.3 is 10.5 Å². The molecule has 0 saturated carbocycles. The third kappa shape index (κ3) is 3.96. The van der Waals surface area contributed by atoms with E-state index >= 15 is 0 Å². The first-order valence-corrected chi connectivity index (χ1v) is 7.89. The van der Waals surface area contributed by atoms with Gasteiger partial charge in [0.25, 0.3) is 0 Å². The van der Waals surface area contributed by atoms with E-state index < -0.39 is 10.0 Å². The molecule has 0 radical (unpaired) electrons. The second-order valence-corrected chi connectivity index (χ2v) is 6.52. The topological polar surface area (TPSA) is 81.4 Å². The lowest BCUT2D eigenvalue weighted by Gasteiger charge is -2.09. The van der Waals surface area contributed by atoms with Gasteiger partial charge in [-0.1, -0.05) is 12.1 Å². The van der Waals surface area contributed by atoms with Crippen LogP contribution in [0.1, 0.15) is 11.1 Å². The lowest BCUT2D eigenvalue weighted by molar-refractivity contribution is 0.414. The lowest BCUT2D eigenvalue weighted by atomic mass is 10.2. The average molecular weight is 306 g/mol. The van der Waals surface area contributed by atoms with Gasteiger partial charge in [0.05, 0.1) is 12.0 Å². The molecule has 0 aromatic heterocycles. The Balaban J connectivity index is 2.17. The number of hydrogen-bond donors (Lipinski definition) is 2. The van der Waals surface area contributed by atoms with Crippen LogP contribution < -0.4 is 15.2 Å². The number of methoxy groups -OCH3 is 1. The fraction of sp³-hybridized carbons (Fsp3) is 0.200. The van der Waals surface area contributed by atoms with Crippen molar-refractivity contribution in [3.63, 3.8) is 0 Å². The highest BCUT2D eigenvalue weighted by Gasteiger charge is 2.14. The van der Waals surface area contributed by atoms with E-state index in [1.165, 1.54) is 6.07 Å². The van der Waals surface area contributed by atoms with Crippen molar-refractivity contribution >= 4 is 15.7 Å². The number of nitrogen functional groups attached to an aromatic ring is 1. The molecule has 0 heterocycles. The molecule has 0 atom stereocenters. The van der Waals surface area contributed by atoms with Gasteiger partial charge in [-0.2, -0.15) is 0 Å². The fourth-order valence-electron chi connectivity index (χ4n) is 1.98. The van der Waals surface area contributed by atoms with Gasteiger partial charge in [0.1, 0.15) is 5.75 Å². The van der Waals surface area contributed by atoms with Crippen LogP contribution in [0, 0.1) is 6.92 Å². The average Bonchev–Trinajstić information content (AvgIpc) is 2.44. The molecule has 0 unspecified atom stereocenters. The van der Waals surface area contributed by atoms with Crippen molar-refractivity contribution in [3.8, 4) is 5.75 Å². The number of nitrogens with two attached hydrogens (primary N) is 1. The lowest BCUT2D eigenvalue weighted by Crippen LogP contribution is -2.23. The normalized spacial score (nSPS) is 11.3. The number of ether oxygens (including phenoxy) is 1. The summed E-state index contributed by atoms with van der Waals surface area (Å²) >= 11 is 0. The smallest absolute Gasteiger partial charge is 0.240 e. The predicted octanol–water partition coefficient (Wildman–Crippen LogP) is 2.06. The van der Waals surface area contributed by atoms with Crippen LogP contribution in [0.2, 0.25) is 0 Å². The van der Waals surface area contributed by atoms with Crippen LogP contribution in [0.4, 0.5) is 5.69 Å². The molecule has 6 heteroatoms. The van der Waals surface area contributed by atoms with Crippen molar-refractivity contribution in [3.05, 3.63) is 53.6 Å². The number of benzene rings is 2. The van der Waals surface area contributed by atoms with E-state index in [2.05, 4.69) is 4.72 Å². The Kier molecular flexibility index (Phi) is 4.50. The summed E-state index contributed by atoms with van der Waals surface area (Å²) < 4.78 is 32.2. The van der Waals surface area contributed by atoms with E-state index in [0.717, 1.165) is 11.1 Å². The molecule has 5 nitrogen and oxygen atoms in total. The molecule has 0 amide bonds. The van der Waals surface area contributed by atoms with E-state index in [1.54, 1.807) is 38.3 Å². The molecule has 21 heavy (non-hydrogen) atoms. The molecule has 0 aliphatic rings. The van der Waals surface area contributed by atoms with Crippen LogP contribution in [0.3, 0.4) is 0 Å². The highest BCUT2D eigenvalue weighted by atomic mass is 32.2. The van der Waals surface area contributed by atoms with Crippen molar-refractivity contribution in [1.82, 2.24) is 4.72 Å². The number of sulfonamides is 1. The van der Waals surface area contributed by atoms with E-state index in [9.17, 15) is 8.42 Å². The molecule has 0 fully saturated rings. The highest BCUT2D eigenvalue weighted by Crippen LogP contribution is 2.17.